The van der Waals surface area contributed by atoms with Crippen molar-refractivity contribution in [3.8, 4) is 11.4 Å². The molecule has 2 aromatic heterocycles. The second kappa shape index (κ2) is 8.96. The average Bonchev–Trinajstić information content (AvgIpc) is 3.40. The van der Waals surface area contributed by atoms with E-state index in [1.807, 2.05) is 17.0 Å². The van der Waals surface area contributed by atoms with E-state index >= 15 is 0 Å². The highest BCUT2D eigenvalue weighted by molar-refractivity contribution is 7.89. The molecule has 12 nitrogen and oxygen atoms in total. The number of nitrogens with one attached hydrogen (secondary N) is 1. The molecular weight excluding hydrogens is 453 g/mol. The number of aromatic nitrogens is 6. The molecule has 174 valence electrons. The topological polar surface area (TPSA) is 133 Å². The molecule has 14 heteroatoms. The van der Waals surface area contributed by atoms with E-state index < -0.39 is 15.8 Å². The third-order valence-electron chi connectivity index (χ3n) is 5.70. The minimum atomic E-state index is -3.82. The zero-order valence-electron chi connectivity index (χ0n) is 17.6. The van der Waals surface area contributed by atoms with Crippen molar-refractivity contribution < 1.29 is 17.5 Å². The number of hydrogen-bond acceptors (Lipinski definition) is 10. The molecule has 0 bridgehead atoms. The van der Waals surface area contributed by atoms with Crippen LogP contribution in [0.25, 0.3) is 11.4 Å². The van der Waals surface area contributed by atoms with Gasteiger partial charge in [-0.25, -0.2) is 12.8 Å². The number of ether oxygens (including phenoxy) is 1. The summed E-state index contributed by atoms with van der Waals surface area (Å²) in [4.78, 5) is 4.10. The molecule has 0 saturated carbocycles. The second-order valence-electron chi connectivity index (χ2n) is 7.62. The van der Waals surface area contributed by atoms with Crippen molar-refractivity contribution in [3.63, 3.8) is 0 Å². The van der Waals surface area contributed by atoms with Crippen molar-refractivity contribution in [3.05, 3.63) is 36.1 Å². The molecule has 0 amide bonds. The Bertz CT molecular complexity index is 1190. The van der Waals surface area contributed by atoms with E-state index in [-0.39, 0.29) is 29.4 Å². The summed E-state index contributed by atoms with van der Waals surface area (Å²) in [5.74, 6) is 0.870. The highest BCUT2D eigenvalue weighted by Gasteiger charge is 2.30. The van der Waals surface area contributed by atoms with E-state index in [9.17, 15) is 12.8 Å². The van der Waals surface area contributed by atoms with Crippen LogP contribution in [0.15, 0.2) is 35.2 Å². The zero-order chi connectivity index (χ0) is 22.8. The monoisotopic (exact) mass is 475 g/mol. The van der Waals surface area contributed by atoms with Gasteiger partial charge in [0.05, 0.1) is 23.7 Å². The van der Waals surface area contributed by atoms with Crippen LogP contribution in [-0.4, -0.2) is 96.0 Å². The molecule has 3 aromatic rings. The average molecular weight is 476 g/mol. The van der Waals surface area contributed by atoms with Crippen LogP contribution in [0.4, 0.5) is 16.0 Å². The summed E-state index contributed by atoms with van der Waals surface area (Å²) in [6.45, 7) is 4.36. The van der Waals surface area contributed by atoms with Gasteiger partial charge in [0, 0.05) is 39.3 Å². The number of aromatic amines is 1. The number of sulfonamides is 1. The summed E-state index contributed by atoms with van der Waals surface area (Å²) >= 11 is 0. The summed E-state index contributed by atoms with van der Waals surface area (Å²) in [5, 5.41) is 21.8. The Labute approximate surface area is 189 Å². The molecule has 0 unspecified atom stereocenters. The van der Waals surface area contributed by atoms with Crippen LogP contribution in [0, 0.1) is 5.82 Å². The van der Waals surface area contributed by atoms with Gasteiger partial charge >= 0.3 is 0 Å². The van der Waals surface area contributed by atoms with Gasteiger partial charge in [0.15, 0.2) is 11.6 Å². The molecule has 33 heavy (non-hydrogen) atoms. The molecule has 0 aliphatic carbocycles. The maximum atomic E-state index is 14.2. The van der Waals surface area contributed by atoms with Gasteiger partial charge in [-0.1, -0.05) is 0 Å². The maximum absolute atomic E-state index is 14.2. The Balaban J connectivity index is 1.26. The van der Waals surface area contributed by atoms with Crippen LogP contribution in [-0.2, 0) is 14.8 Å². The minimum Gasteiger partial charge on any atom is -0.378 e. The molecule has 0 spiro atoms. The van der Waals surface area contributed by atoms with Crippen molar-refractivity contribution in [2.45, 2.75) is 4.90 Å². The maximum Gasteiger partial charge on any atom is 0.243 e. The van der Waals surface area contributed by atoms with Gasteiger partial charge in [-0.05, 0) is 35.5 Å². The van der Waals surface area contributed by atoms with Crippen molar-refractivity contribution in [2.75, 3.05) is 62.3 Å². The first-order valence-corrected chi connectivity index (χ1v) is 11.9. The van der Waals surface area contributed by atoms with Gasteiger partial charge in [0.25, 0.3) is 0 Å². The number of tetrazole rings is 1. The number of rotatable bonds is 5. The van der Waals surface area contributed by atoms with Crippen molar-refractivity contribution in [1.29, 1.82) is 0 Å². The highest BCUT2D eigenvalue weighted by Crippen LogP contribution is 2.26. The highest BCUT2D eigenvalue weighted by atomic mass is 32.2. The summed E-state index contributed by atoms with van der Waals surface area (Å²) in [7, 11) is -3.82. The lowest BCUT2D eigenvalue weighted by Gasteiger charge is -2.34. The van der Waals surface area contributed by atoms with Gasteiger partial charge in [-0.15, -0.1) is 20.4 Å². The molecule has 2 aliphatic heterocycles. The summed E-state index contributed by atoms with van der Waals surface area (Å²) in [6.07, 6.45) is 0. The lowest BCUT2D eigenvalue weighted by molar-refractivity contribution is 0.122. The van der Waals surface area contributed by atoms with Gasteiger partial charge in [-0.3, -0.25) is 0 Å². The quantitative estimate of drug-likeness (QED) is 0.543. The van der Waals surface area contributed by atoms with E-state index in [2.05, 4.69) is 35.7 Å². The third-order valence-corrected chi connectivity index (χ3v) is 7.59. The van der Waals surface area contributed by atoms with E-state index in [1.165, 1.54) is 16.4 Å². The first kappa shape index (κ1) is 21.6. The van der Waals surface area contributed by atoms with Crippen LogP contribution in [0.2, 0.25) is 0 Å². The third kappa shape index (κ3) is 4.36. The molecule has 5 rings (SSSR count). The number of halogens is 1. The van der Waals surface area contributed by atoms with E-state index in [4.69, 9.17) is 4.74 Å². The van der Waals surface area contributed by atoms with Crippen LogP contribution < -0.4 is 9.80 Å². The molecule has 1 N–H and O–H groups in total. The minimum absolute atomic E-state index is 0.00605. The van der Waals surface area contributed by atoms with Gasteiger partial charge in [-0.2, -0.15) is 9.52 Å². The molecule has 2 fully saturated rings. The van der Waals surface area contributed by atoms with E-state index in [1.54, 1.807) is 0 Å². The van der Waals surface area contributed by atoms with Crippen molar-refractivity contribution in [2.24, 2.45) is 0 Å². The normalized spacial score (nSPS) is 18.0. The van der Waals surface area contributed by atoms with Gasteiger partial charge < -0.3 is 14.5 Å². The number of benzene rings is 1. The van der Waals surface area contributed by atoms with Gasteiger partial charge in [0.2, 0.25) is 15.8 Å². The Hall–Kier alpha value is -3.23. The fourth-order valence-corrected chi connectivity index (χ4v) is 5.32. The van der Waals surface area contributed by atoms with Gasteiger partial charge in [0.1, 0.15) is 5.82 Å². The first-order chi connectivity index (χ1) is 16.0. The van der Waals surface area contributed by atoms with E-state index in [0.29, 0.717) is 32.1 Å². The molecule has 0 radical (unpaired) electrons. The number of H-pyrrole nitrogens is 1. The zero-order valence-corrected chi connectivity index (χ0v) is 18.4. The molecular formula is C19H22FN9O3S. The van der Waals surface area contributed by atoms with Crippen molar-refractivity contribution in [1.82, 2.24) is 35.1 Å². The SMILES string of the molecule is O=S(=O)(c1ccc(F)c(-c2nn[nH]n2)c1)N1CCN(c2ccc(N3CCOCC3)nn2)CC1. The van der Waals surface area contributed by atoms with Crippen LogP contribution in [0.5, 0.6) is 0 Å². The lowest BCUT2D eigenvalue weighted by atomic mass is 10.2. The molecule has 1 aromatic carbocycles. The molecule has 0 atom stereocenters. The standard InChI is InChI=1S/C19H22FN9O3S/c20-16-2-1-14(13-15(16)19-23-25-26-24-19)33(30,31)29-7-5-27(6-8-29)17-3-4-18(22-21-17)28-9-11-32-12-10-28/h1-4,13H,5-12H2,(H,23,24,25,26). The number of hydrogen-bond donors (Lipinski definition) is 1. The smallest absolute Gasteiger partial charge is 0.243 e. The second-order valence-corrected chi connectivity index (χ2v) is 9.56. The Morgan fingerprint density at radius 2 is 1.55 bits per heavy atom. The largest absolute Gasteiger partial charge is 0.378 e. The Morgan fingerprint density at radius 3 is 2.15 bits per heavy atom. The number of morpholine rings is 1. The summed E-state index contributed by atoms with van der Waals surface area (Å²) in [5.41, 5.74) is -0.0286. The summed E-state index contributed by atoms with van der Waals surface area (Å²) in [6, 6.07) is 7.41. The van der Waals surface area contributed by atoms with E-state index in [0.717, 1.165) is 25.0 Å². The first-order valence-electron chi connectivity index (χ1n) is 10.5. The predicted octanol–water partition coefficient (Wildman–Crippen LogP) is 0.143. The predicted molar refractivity (Wildman–Crippen MR) is 116 cm³/mol. The Kier molecular flexibility index (Phi) is 5.86. The van der Waals surface area contributed by atoms with Crippen LogP contribution in [0.1, 0.15) is 0 Å². The Morgan fingerprint density at radius 1 is 0.879 bits per heavy atom. The molecule has 4 heterocycles. The number of anilines is 2. The fourth-order valence-electron chi connectivity index (χ4n) is 3.87. The lowest BCUT2D eigenvalue weighted by Crippen LogP contribution is -2.49. The van der Waals surface area contributed by atoms with Crippen molar-refractivity contribution >= 4 is 21.7 Å². The molecule has 2 aliphatic rings. The molecule has 2 saturated heterocycles. The fraction of sp³-hybridized carbons (Fsp3) is 0.421. The number of nitrogens with zero attached hydrogens (tertiary/aromatic N) is 8. The van der Waals surface area contributed by atoms with Crippen LogP contribution in [0.3, 0.4) is 0 Å². The summed E-state index contributed by atoms with van der Waals surface area (Å²) < 4.78 is 47.3. The van der Waals surface area contributed by atoms with Crippen LogP contribution >= 0.6 is 0 Å². The number of piperazine rings is 1.